The van der Waals surface area contributed by atoms with E-state index >= 15 is 0 Å². The van der Waals surface area contributed by atoms with E-state index in [1.54, 1.807) is 0 Å². The lowest BCUT2D eigenvalue weighted by Crippen LogP contribution is -2.61. The number of pyridine rings is 2. The summed E-state index contributed by atoms with van der Waals surface area (Å²) in [4.78, 5) is 15.7. The summed E-state index contributed by atoms with van der Waals surface area (Å²) in [5.41, 5.74) is 31.4. The fourth-order valence-corrected chi connectivity index (χ4v) is 15.2. The highest BCUT2D eigenvalue weighted by atomic mass is 15.2. The van der Waals surface area contributed by atoms with Crippen molar-refractivity contribution in [1.82, 2.24) is 14.5 Å². The molecule has 16 rings (SSSR count). The first-order valence-electron chi connectivity index (χ1n) is 34.7. The van der Waals surface area contributed by atoms with E-state index in [0.29, 0.717) is 0 Å². The fourth-order valence-electron chi connectivity index (χ4n) is 15.2. The molecule has 0 aliphatic carbocycles. The monoisotopic (exact) mass is 1270 g/mol. The quantitative estimate of drug-likeness (QED) is 0.135. The molecule has 98 heavy (non-hydrogen) atoms. The van der Waals surface area contributed by atoms with Crippen LogP contribution in [0.5, 0.6) is 0 Å². The van der Waals surface area contributed by atoms with Crippen molar-refractivity contribution in [3.63, 3.8) is 0 Å². The highest BCUT2D eigenvalue weighted by molar-refractivity contribution is 7.00. The Bertz CT molecular complexity index is 5200. The number of hydrogen-bond acceptors (Lipinski definition) is 4. The second kappa shape index (κ2) is 23.5. The maximum atomic E-state index is 5.22. The lowest BCUT2D eigenvalue weighted by Gasteiger charge is -2.46. The van der Waals surface area contributed by atoms with E-state index in [1.165, 1.54) is 66.1 Å². The largest absolute Gasteiger partial charge is 0.310 e. The van der Waals surface area contributed by atoms with E-state index in [9.17, 15) is 0 Å². The van der Waals surface area contributed by atoms with E-state index in [1.807, 2.05) is 0 Å². The number of nitrogens with zero attached hydrogens (tertiary/aromatic N) is 5. The Morgan fingerprint density at radius 2 is 0.622 bits per heavy atom. The maximum absolute atomic E-state index is 5.22. The van der Waals surface area contributed by atoms with Gasteiger partial charge in [-0.15, -0.1) is 0 Å². The van der Waals surface area contributed by atoms with Crippen LogP contribution in [0.2, 0.25) is 0 Å². The van der Waals surface area contributed by atoms with Crippen molar-refractivity contribution < 1.29 is 0 Å². The van der Waals surface area contributed by atoms with Gasteiger partial charge in [0.05, 0.1) is 28.1 Å². The molecule has 0 N–H and O–H groups in total. The summed E-state index contributed by atoms with van der Waals surface area (Å²) < 4.78 is 2.52. The number of hydrogen-bond donors (Lipinski definition) is 0. The van der Waals surface area contributed by atoms with Gasteiger partial charge < -0.3 is 14.4 Å². The zero-order valence-corrected chi connectivity index (χ0v) is 58.4. The summed E-state index contributed by atoms with van der Waals surface area (Å²) in [6.45, 7) is 27.8. The Labute approximate surface area is 578 Å². The lowest BCUT2D eigenvalue weighted by atomic mass is 9.33. The average Bonchev–Trinajstić information content (AvgIpc) is 0.843. The molecule has 14 aromatic rings. The van der Waals surface area contributed by atoms with Gasteiger partial charge in [0.25, 0.3) is 6.71 Å². The van der Waals surface area contributed by atoms with E-state index in [4.69, 9.17) is 9.97 Å². The molecule has 11 aromatic carbocycles. The van der Waals surface area contributed by atoms with Crippen molar-refractivity contribution in [2.45, 2.75) is 105 Å². The molecule has 0 spiro atoms. The van der Waals surface area contributed by atoms with Gasteiger partial charge in [-0.25, -0.2) is 0 Å². The number of fused-ring (bicyclic) bond motifs is 7. The maximum Gasteiger partial charge on any atom is 0.252 e. The molecule has 0 saturated heterocycles. The van der Waals surface area contributed by atoms with E-state index in [-0.39, 0.29) is 28.4 Å². The second-order valence-corrected chi connectivity index (χ2v) is 31.1. The van der Waals surface area contributed by atoms with E-state index < -0.39 is 0 Å². The minimum atomic E-state index is -0.276. The van der Waals surface area contributed by atoms with Crippen LogP contribution in [0.4, 0.5) is 34.1 Å². The highest BCUT2D eigenvalue weighted by Gasteiger charge is 2.46. The van der Waals surface area contributed by atoms with Gasteiger partial charge in [0.2, 0.25) is 0 Å². The van der Waals surface area contributed by atoms with Crippen LogP contribution < -0.4 is 26.2 Å². The molecular weight excluding hydrogens is 1190 g/mol. The van der Waals surface area contributed by atoms with Crippen LogP contribution in [0.25, 0.3) is 94.3 Å². The molecule has 0 radical (unpaired) electrons. The van der Waals surface area contributed by atoms with Gasteiger partial charge in [0.1, 0.15) is 0 Å². The summed E-state index contributed by atoms with van der Waals surface area (Å²) in [5, 5.41) is 2.40. The molecule has 5 nitrogen and oxygen atoms in total. The average molecular weight is 1270 g/mol. The molecule has 0 saturated carbocycles. The Morgan fingerprint density at radius 3 is 1.01 bits per heavy atom. The minimum absolute atomic E-state index is 0.0976. The number of aromatic nitrogens is 3. The molecule has 2 aliphatic heterocycles. The fraction of sp³-hybridized carbons (Fsp3) is 0.174. The van der Waals surface area contributed by atoms with Gasteiger partial charge in [-0.1, -0.05) is 301 Å². The van der Waals surface area contributed by atoms with Crippen LogP contribution in [0, 0.1) is 0 Å². The molecule has 0 fully saturated rings. The molecule has 0 bridgehead atoms. The van der Waals surface area contributed by atoms with Crippen molar-refractivity contribution in [3.8, 4) is 72.4 Å². The molecule has 0 unspecified atom stereocenters. The number of rotatable bonds is 9. The SMILES string of the molecule is CC(C)(C)c1cc(-c2ccc3c(c2)B2c4ccc(-c5cc(C(C)(C)C)cc(C(C)(C)C)c5)cc4N(c4c(-c5ccccc5)cncc4-c4ccccc4)c4cc(-n5c6ccccc6c6ccccc65)cc(c42)N3c2c(-c3ccccc3)cncc2-c2ccccc2)cc(C(C)(C)C)c1. The normalized spacial score (nSPS) is 13.0. The van der Waals surface area contributed by atoms with Crippen LogP contribution >= 0.6 is 0 Å². The van der Waals surface area contributed by atoms with E-state index in [0.717, 1.165) is 101 Å². The van der Waals surface area contributed by atoms with Gasteiger partial charge >= 0.3 is 0 Å². The zero-order valence-electron chi connectivity index (χ0n) is 58.4. The number of para-hydroxylation sites is 2. The second-order valence-electron chi connectivity index (χ2n) is 31.1. The molecule has 2 aliphatic rings. The third kappa shape index (κ3) is 10.7. The molecule has 3 aromatic heterocycles. The third-order valence-corrected chi connectivity index (χ3v) is 20.5. The first kappa shape index (κ1) is 62.0. The van der Waals surface area contributed by atoms with Gasteiger partial charge in [-0.2, -0.15) is 0 Å². The van der Waals surface area contributed by atoms with Crippen molar-refractivity contribution in [2.24, 2.45) is 0 Å². The van der Waals surface area contributed by atoms with Crippen LogP contribution in [-0.4, -0.2) is 21.2 Å². The smallest absolute Gasteiger partial charge is 0.252 e. The predicted molar refractivity (Wildman–Crippen MR) is 418 cm³/mol. The molecule has 5 heterocycles. The topological polar surface area (TPSA) is 37.2 Å². The van der Waals surface area contributed by atoms with Gasteiger partial charge in [-0.3, -0.25) is 9.97 Å². The molecule has 6 heteroatoms. The predicted octanol–water partition coefficient (Wildman–Crippen LogP) is 22.8. The Balaban J connectivity index is 1.12. The summed E-state index contributed by atoms with van der Waals surface area (Å²) in [6, 6.07) is 96.1. The molecule has 478 valence electrons. The van der Waals surface area contributed by atoms with E-state index in [2.05, 4.69) is 377 Å². The number of benzene rings is 11. The first-order valence-corrected chi connectivity index (χ1v) is 34.7. The van der Waals surface area contributed by atoms with Crippen LogP contribution in [0.3, 0.4) is 0 Å². The van der Waals surface area contributed by atoms with Gasteiger partial charge in [0.15, 0.2) is 0 Å². The van der Waals surface area contributed by atoms with Crippen molar-refractivity contribution >= 4 is 79.0 Å². The summed E-state index contributed by atoms with van der Waals surface area (Å²) >= 11 is 0. The lowest BCUT2D eigenvalue weighted by molar-refractivity contribution is 0.568. The van der Waals surface area contributed by atoms with Crippen LogP contribution in [0.15, 0.2) is 280 Å². The Hall–Kier alpha value is -10.8. The van der Waals surface area contributed by atoms with Crippen molar-refractivity contribution in [2.75, 3.05) is 9.80 Å². The molecule has 0 amide bonds. The van der Waals surface area contributed by atoms with Gasteiger partial charge in [0, 0.05) is 80.6 Å². The standard InChI is InChI=1S/C92H82BN5/c1-89(2,3)67-45-65(46-68(51-67)90(4,5)6)63-42-44-82-79(49-63)93-78-43-41-64(66-47-69(91(7,8)9)52-70(48-66)92(10,11)12)50-83(78)98(88-76(61-33-21-15-22-34-61)57-95-58-77(88)62-35-23-16-24-36-62)85-54-71(96-80-39-27-25-37-72(80)73-38-26-28-40-81(73)96)53-84(86(85)93)97(82)87-74(59-29-17-13-18-30-59)55-94-56-75(87)60-31-19-14-20-32-60/h13-58H,1-12H3. The molecule has 0 atom stereocenters. The third-order valence-electron chi connectivity index (χ3n) is 20.5. The summed E-state index contributed by atoms with van der Waals surface area (Å²) in [7, 11) is 0. The van der Waals surface area contributed by atoms with Crippen LogP contribution in [-0.2, 0) is 21.7 Å². The summed E-state index contributed by atoms with van der Waals surface area (Å²) in [5.74, 6) is 0. The van der Waals surface area contributed by atoms with Crippen molar-refractivity contribution in [3.05, 3.63) is 302 Å². The molecular formula is C92H82BN5. The Morgan fingerprint density at radius 1 is 0.276 bits per heavy atom. The zero-order chi connectivity index (χ0) is 67.6. The number of anilines is 6. The van der Waals surface area contributed by atoms with Gasteiger partial charge in [-0.05, 0) is 141 Å². The summed E-state index contributed by atoms with van der Waals surface area (Å²) in [6.07, 6.45) is 8.37. The highest BCUT2D eigenvalue weighted by Crippen LogP contribution is 2.54. The van der Waals surface area contributed by atoms with Crippen LogP contribution in [0.1, 0.15) is 105 Å². The Kier molecular flexibility index (Phi) is 14.9. The first-order chi connectivity index (χ1) is 47.2. The van der Waals surface area contributed by atoms with Crippen molar-refractivity contribution in [1.29, 1.82) is 0 Å². The minimum Gasteiger partial charge on any atom is -0.310 e.